The van der Waals surface area contributed by atoms with Crippen molar-refractivity contribution in [2.24, 2.45) is 11.8 Å². The minimum absolute atomic E-state index is 0.985. The van der Waals surface area contributed by atoms with E-state index in [-0.39, 0.29) is 0 Å². The molecular formula is C9H14. The first-order valence-electron chi connectivity index (χ1n) is 4.12. The van der Waals surface area contributed by atoms with Crippen molar-refractivity contribution in [3.63, 3.8) is 0 Å². The van der Waals surface area contributed by atoms with E-state index in [1.54, 1.807) is 0 Å². The number of fused-ring (bicyclic) bond motifs is 1. The van der Waals surface area contributed by atoms with Crippen LogP contribution in [0, 0.1) is 24.7 Å². The van der Waals surface area contributed by atoms with Crippen molar-refractivity contribution in [3.05, 3.63) is 12.8 Å². The van der Waals surface area contributed by atoms with Gasteiger partial charge in [-0.15, -0.1) is 0 Å². The second kappa shape index (κ2) is 2.32. The summed E-state index contributed by atoms with van der Waals surface area (Å²) in [6.45, 7) is 0. The maximum absolute atomic E-state index is 2.54. The summed E-state index contributed by atoms with van der Waals surface area (Å²) >= 11 is 0. The van der Waals surface area contributed by atoms with Crippen LogP contribution in [0.15, 0.2) is 0 Å². The minimum Gasteiger partial charge on any atom is -0.0527 e. The van der Waals surface area contributed by atoms with Gasteiger partial charge in [0, 0.05) is 0 Å². The summed E-state index contributed by atoms with van der Waals surface area (Å²) in [6.07, 6.45) is 12.1. The third kappa shape index (κ3) is 0.997. The monoisotopic (exact) mass is 122 g/mol. The molecule has 2 unspecified atom stereocenters. The Bertz CT molecular complexity index is 84.2. The van der Waals surface area contributed by atoms with Crippen molar-refractivity contribution in [1.29, 1.82) is 0 Å². The molecule has 0 heterocycles. The molecule has 50 valence electrons. The molecule has 0 amide bonds. The Morgan fingerprint density at radius 1 is 1.22 bits per heavy atom. The van der Waals surface area contributed by atoms with Crippen LogP contribution in [0.3, 0.4) is 0 Å². The van der Waals surface area contributed by atoms with Gasteiger partial charge in [-0.1, -0.05) is 12.8 Å². The molecule has 2 rings (SSSR count). The van der Waals surface area contributed by atoms with E-state index in [0.717, 1.165) is 11.8 Å². The van der Waals surface area contributed by atoms with Crippen molar-refractivity contribution in [2.75, 3.05) is 0 Å². The lowest BCUT2D eigenvalue weighted by atomic mass is 9.82. The van der Waals surface area contributed by atoms with E-state index in [1.807, 2.05) is 0 Å². The molecule has 0 heteroatoms. The number of hydrogen-bond acceptors (Lipinski definition) is 0. The van der Waals surface area contributed by atoms with E-state index in [2.05, 4.69) is 12.8 Å². The fourth-order valence-electron chi connectivity index (χ4n) is 2.20. The smallest absolute Gasteiger partial charge is 0.0352 e. The van der Waals surface area contributed by atoms with Crippen LogP contribution >= 0.6 is 0 Å². The van der Waals surface area contributed by atoms with Crippen LogP contribution in [0.4, 0.5) is 0 Å². The Morgan fingerprint density at radius 3 is 3.11 bits per heavy atom. The fourth-order valence-corrected chi connectivity index (χ4v) is 2.20. The highest BCUT2D eigenvalue weighted by Gasteiger charge is 2.29. The molecule has 0 aliphatic heterocycles. The van der Waals surface area contributed by atoms with E-state index in [0.29, 0.717) is 0 Å². The quantitative estimate of drug-likeness (QED) is 0.463. The predicted molar refractivity (Wildman–Crippen MR) is 38.7 cm³/mol. The van der Waals surface area contributed by atoms with Crippen molar-refractivity contribution >= 4 is 0 Å². The Hall–Kier alpha value is 0. The first-order valence-corrected chi connectivity index (χ1v) is 4.12. The summed E-state index contributed by atoms with van der Waals surface area (Å²) in [5.74, 6) is 2.04. The molecule has 0 aromatic carbocycles. The molecule has 0 aromatic rings. The molecule has 0 nitrogen and oxygen atoms in total. The van der Waals surface area contributed by atoms with Crippen LogP contribution in [-0.2, 0) is 0 Å². The van der Waals surface area contributed by atoms with E-state index >= 15 is 0 Å². The van der Waals surface area contributed by atoms with Crippen LogP contribution in [0.25, 0.3) is 0 Å². The molecule has 0 N–H and O–H groups in total. The van der Waals surface area contributed by atoms with Crippen molar-refractivity contribution < 1.29 is 0 Å². The van der Waals surface area contributed by atoms with Gasteiger partial charge in [-0.05, 0) is 43.9 Å². The molecular weight excluding hydrogens is 108 g/mol. The van der Waals surface area contributed by atoms with Gasteiger partial charge in [0.2, 0.25) is 0 Å². The molecule has 0 spiro atoms. The lowest BCUT2D eigenvalue weighted by molar-refractivity contribution is 0.344. The molecule has 0 bridgehead atoms. The van der Waals surface area contributed by atoms with Crippen LogP contribution < -0.4 is 0 Å². The molecule has 2 aliphatic carbocycles. The van der Waals surface area contributed by atoms with Crippen LogP contribution in [-0.4, -0.2) is 0 Å². The Kier molecular flexibility index (Phi) is 1.48. The summed E-state index contributed by atoms with van der Waals surface area (Å²) in [5, 5.41) is 0. The molecule has 2 atom stereocenters. The summed E-state index contributed by atoms with van der Waals surface area (Å²) in [4.78, 5) is 0. The zero-order chi connectivity index (χ0) is 6.10. The van der Waals surface area contributed by atoms with Gasteiger partial charge >= 0.3 is 0 Å². The average Bonchev–Trinajstić information content (AvgIpc) is 2.33. The van der Waals surface area contributed by atoms with E-state index in [9.17, 15) is 0 Å². The average molecular weight is 122 g/mol. The first-order chi connectivity index (χ1) is 4.47. The van der Waals surface area contributed by atoms with Gasteiger partial charge in [-0.3, -0.25) is 0 Å². The van der Waals surface area contributed by atoms with Gasteiger partial charge in [0.05, 0.1) is 0 Å². The van der Waals surface area contributed by atoms with Gasteiger partial charge in [-0.2, -0.15) is 0 Å². The highest BCUT2D eigenvalue weighted by atomic mass is 14.3. The van der Waals surface area contributed by atoms with Gasteiger partial charge in [-0.25, -0.2) is 0 Å². The second-order valence-electron chi connectivity index (χ2n) is 3.35. The van der Waals surface area contributed by atoms with Crippen LogP contribution in [0.1, 0.15) is 32.1 Å². The maximum Gasteiger partial charge on any atom is -0.0352 e. The summed E-state index contributed by atoms with van der Waals surface area (Å²) in [6, 6.07) is 0. The molecule has 0 aromatic heterocycles. The van der Waals surface area contributed by atoms with E-state index in [4.69, 9.17) is 0 Å². The summed E-state index contributed by atoms with van der Waals surface area (Å²) in [7, 11) is 0. The Labute approximate surface area is 57.6 Å². The molecule has 0 saturated heterocycles. The third-order valence-corrected chi connectivity index (χ3v) is 2.76. The zero-order valence-electron chi connectivity index (χ0n) is 5.84. The summed E-state index contributed by atoms with van der Waals surface area (Å²) < 4.78 is 0. The molecule has 9 heavy (non-hydrogen) atoms. The van der Waals surface area contributed by atoms with E-state index in [1.165, 1.54) is 32.1 Å². The Balaban J connectivity index is 1.97. The second-order valence-corrected chi connectivity index (χ2v) is 3.35. The fraction of sp³-hybridized carbons (Fsp3) is 0.778. The standard InChI is InChI=1S/C9H14/c1-2-5-9-7-3-6-8(9)4-1/h3-4,8-9H,1-2,5-7H2. The number of rotatable bonds is 0. The highest BCUT2D eigenvalue weighted by Crippen LogP contribution is 2.40. The van der Waals surface area contributed by atoms with Gasteiger partial charge < -0.3 is 0 Å². The molecule has 2 aliphatic rings. The van der Waals surface area contributed by atoms with Crippen molar-refractivity contribution in [1.82, 2.24) is 0 Å². The largest absolute Gasteiger partial charge is 0.0527 e. The SMILES string of the molecule is [CH]1CC2[CH]CCCC2C1. The lowest BCUT2D eigenvalue weighted by Gasteiger charge is -2.23. The maximum atomic E-state index is 2.54. The first kappa shape index (κ1) is 5.76. The van der Waals surface area contributed by atoms with Crippen LogP contribution in [0.5, 0.6) is 0 Å². The van der Waals surface area contributed by atoms with Crippen molar-refractivity contribution in [2.45, 2.75) is 32.1 Å². The lowest BCUT2D eigenvalue weighted by Crippen LogP contribution is -2.13. The van der Waals surface area contributed by atoms with Gasteiger partial charge in [0.15, 0.2) is 0 Å². The highest BCUT2D eigenvalue weighted by molar-refractivity contribution is 4.97. The Morgan fingerprint density at radius 2 is 2.22 bits per heavy atom. The number of hydrogen-bond donors (Lipinski definition) is 0. The predicted octanol–water partition coefficient (Wildman–Crippen LogP) is 2.61. The van der Waals surface area contributed by atoms with E-state index < -0.39 is 0 Å². The van der Waals surface area contributed by atoms with Crippen LogP contribution in [0.2, 0.25) is 0 Å². The third-order valence-electron chi connectivity index (χ3n) is 2.76. The summed E-state index contributed by atoms with van der Waals surface area (Å²) in [5.41, 5.74) is 0. The topological polar surface area (TPSA) is 0 Å². The normalized spacial score (nSPS) is 42.7. The van der Waals surface area contributed by atoms with Gasteiger partial charge in [0.25, 0.3) is 0 Å². The molecule has 2 radical (unpaired) electrons. The van der Waals surface area contributed by atoms with Crippen molar-refractivity contribution in [3.8, 4) is 0 Å². The minimum atomic E-state index is 0.985. The molecule has 2 saturated carbocycles. The molecule has 2 fully saturated rings. The van der Waals surface area contributed by atoms with Gasteiger partial charge in [0.1, 0.15) is 0 Å². The zero-order valence-corrected chi connectivity index (χ0v) is 5.84.